The standard InChI is InChI=1S/C12H24N2O.2Li/c1-10(2)7-11(13-3)8-14-6-4-5-12(14)9-15;;/h10-12H,4-9H2,1-3H3;;/q-2;2*+1/t11-,12-;;/m0../s1. The van der Waals surface area contributed by atoms with Crippen LogP contribution >= 0.6 is 0 Å². The van der Waals surface area contributed by atoms with E-state index >= 15 is 0 Å². The van der Waals surface area contributed by atoms with Gasteiger partial charge in [0.2, 0.25) is 0 Å². The average molecular weight is 226 g/mol. The molecule has 1 fully saturated rings. The first-order valence-electron chi connectivity index (χ1n) is 6.08. The minimum absolute atomic E-state index is 0. The summed E-state index contributed by atoms with van der Waals surface area (Å²) in [6, 6.07) is 0.693. The third-order valence-corrected chi connectivity index (χ3v) is 3.25. The molecular formula is C12H24Li2N2O. The third-order valence-electron chi connectivity index (χ3n) is 3.25. The van der Waals surface area contributed by atoms with E-state index in [1.807, 2.05) is 7.05 Å². The van der Waals surface area contributed by atoms with Crippen molar-refractivity contribution in [3.8, 4) is 0 Å². The van der Waals surface area contributed by atoms with Crippen molar-refractivity contribution in [1.82, 2.24) is 4.90 Å². The van der Waals surface area contributed by atoms with Crippen LogP contribution in [0.25, 0.3) is 5.32 Å². The van der Waals surface area contributed by atoms with Crippen molar-refractivity contribution in [1.29, 1.82) is 0 Å². The molecule has 0 bridgehead atoms. The Bertz CT molecular complexity index is 182. The predicted octanol–water partition coefficient (Wildman–Crippen LogP) is -4.76. The summed E-state index contributed by atoms with van der Waals surface area (Å²) in [7, 11) is 1.90. The Kier molecular flexibility index (Phi) is 13.1. The molecule has 0 spiro atoms. The number of hydrogen-bond acceptors (Lipinski definition) is 2. The first-order valence-corrected chi connectivity index (χ1v) is 6.08. The van der Waals surface area contributed by atoms with Gasteiger partial charge in [-0.3, -0.25) is 0 Å². The number of hydrogen-bond donors (Lipinski definition) is 0. The van der Waals surface area contributed by atoms with Crippen LogP contribution < -0.4 is 42.8 Å². The molecule has 1 saturated heterocycles. The van der Waals surface area contributed by atoms with Crippen LogP contribution in [0.3, 0.4) is 0 Å². The zero-order valence-corrected chi connectivity index (χ0v) is 12.3. The Labute approximate surface area is 130 Å². The molecule has 17 heavy (non-hydrogen) atoms. The normalized spacial score (nSPS) is 22.1. The number of likely N-dealkylation sites (tertiary alicyclic amines) is 1. The maximum Gasteiger partial charge on any atom is 1.00 e. The summed E-state index contributed by atoms with van der Waals surface area (Å²) in [6.07, 6.45) is 3.41. The van der Waals surface area contributed by atoms with Gasteiger partial charge < -0.3 is 15.3 Å². The molecule has 90 valence electrons. The second kappa shape index (κ2) is 10.9. The summed E-state index contributed by atoms with van der Waals surface area (Å²) in [5, 5.41) is 15.4. The van der Waals surface area contributed by atoms with Crippen LogP contribution in [-0.2, 0) is 0 Å². The molecule has 2 atom stereocenters. The smallest absolute Gasteiger partial charge is 0.853 e. The molecule has 5 heteroatoms. The van der Waals surface area contributed by atoms with E-state index in [1.165, 1.54) is 6.42 Å². The summed E-state index contributed by atoms with van der Waals surface area (Å²) in [5.41, 5.74) is 0. The molecule has 0 aromatic heterocycles. The summed E-state index contributed by atoms with van der Waals surface area (Å²) in [4.78, 5) is 2.34. The Morgan fingerprint density at radius 3 is 2.47 bits per heavy atom. The van der Waals surface area contributed by atoms with Crippen LogP contribution in [0.4, 0.5) is 0 Å². The second-order valence-electron chi connectivity index (χ2n) is 5.00. The summed E-state index contributed by atoms with van der Waals surface area (Å²) >= 11 is 0. The fourth-order valence-electron chi connectivity index (χ4n) is 2.40. The quantitative estimate of drug-likeness (QED) is 0.427. The van der Waals surface area contributed by atoms with Gasteiger partial charge in [0.1, 0.15) is 0 Å². The minimum Gasteiger partial charge on any atom is -0.853 e. The molecule has 1 heterocycles. The maximum absolute atomic E-state index is 11.0. The average Bonchev–Trinajstić information content (AvgIpc) is 2.63. The summed E-state index contributed by atoms with van der Waals surface area (Å²) in [6.45, 7) is 6.59. The SMILES string of the molecule is C[N-][C@@H](CC(C)C)CN1CCC[C@H]1C[O-].[Li+].[Li+]. The number of nitrogens with zero attached hydrogens (tertiary/aromatic N) is 2. The molecule has 0 aromatic carbocycles. The molecule has 3 nitrogen and oxygen atoms in total. The van der Waals surface area contributed by atoms with Crippen LogP contribution in [0.5, 0.6) is 0 Å². The van der Waals surface area contributed by atoms with E-state index < -0.39 is 0 Å². The first kappa shape index (κ1) is 20.4. The van der Waals surface area contributed by atoms with Crippen molar-refractivity contribution in [2.75, 3.05) is 26.7 Å². The molecule has 0 N–H and O–H groups in total. The first-order chi connectivity index (χ1) is 7.17. The van der Waals surface area contributed by atoms with E-state index in [-0.39, 0.29) is 50.4 Å². The van der Waals surface area contributed by atoms with Crippen molar-refractivity contribution < 1.29 is 42.8 Å². The van der Waals surface area contributed by atoms with Crippen molar-refractivity contribution in [3.05, 3.63) is 5.32 Å². The van der Waals surface area contributed by atoms with Gasteiger partial charge in [0.25, 0.3) is 0 Å². The molecule has 0 aliphatic carbocycles. The van der Waals surface area contributed by atoms with Gasteiger partial charge >= 0.3 is 37.7 Å². The van der Waals surface area contributed by atoms with Crippen LogP contribution in [0.15, 0.2) is 0 Å². The van der Waals surface area contributed by atoms with Gasteiger partial charge in [-0.15, -0.1) is 12.6 Å². The minimum atomic E-state index is 0. The fourth-order valence-corrected chi connectivity index (χ4v) is 2.40. The van der Waals surface area contributed by atoms with Gasteiger partial charge in [-0.1, -0.05) is 20.3 Å². The monoisotopic (exact) mass is 226 g/mol. The maximum atomic E-state index is 11.0. The van der Waals surface area contributed by atoms with Crippen molar-refractivity contribution in [2.24, 2.45) is 5.92 Å². The van der Waals surface area contributed by atoms with Gasteiger partial charge in [-0.05, 0) is 37.9 Å². The summed E-state index contributed by atoms with van der Waals surface area (Å²) in [5.74, 6) is 0.687. The van der Waals surface area contributed by atoms with E-state index in [9.17, 15) is 5.11 Å². The molecular weight excluding hydrogens is 202 g/mol. The molecule has 1 aliphatic rings. The van der Waals surface area contributed by atoms with E-state index in [1.54, 1.807) is 0 Å². The van der Waals surface area contributed by atoms with E-state index in [0.29, 0.717) is 12.0 Å². The van der Waals surface area contributed by atoms with E-state index in [2.05, 4.69) is 24.1 Å². The van der Waals surface area contributed by atoms with Gasteiger partial charge in [0.05, 0.1) is 0 Å². The fraction of sp³-hybridized carbons (Fsp3) is 1.00. The zero-order valence-electron chi connectivity index (χ0n) is 12.3. The van der Waals surface area contributed by atoms with Crippen LogP contribution in [0.1, 0.15) is 33.1 Å². The predicted molar refractivity (Wildman–Crippen MR) is 62.0 cm³/mol. The molecule has 1 rings (SSSR count). The van der Waals surface area contributed by atoms with Crippen molar-refractivity contribution in [3.63, 3.8) is 0 Å². The van der Waals surface area contributed by atoms with Crippen molar-refractivity contribution >= 4 is 0 Å². The van der Waals surface area contributed by atoms with Crippen LogP contribution in [-0.4, -0.2) is 43.7 Å². The van der Waals surface area contributed by atoms with E-state index in [4.69, 9.17) is 0 Å². The molecule has 0 saturated carbocycles. The topological polar surface area (TPSA) is 40.4 Å². The zero-order chi connectivity index (χ0) is 11.3. The molecule has 0 radical (unpaired) electrons. The van der Waals surface area contributed by atoms with Crippen molar-refractivity contribution in [2.45, 2.75) is 45.2 Å². The Morgan fingerprint density at radius 1 is 1.35 bits per heavy atom. The Morgan fingerprint density at radius 2 is 2.00 bits per heavy atom. The molecule has 0 unspecified atom stereocenters. The molecule has 0 aromatic rings. The molecule has 1 aliphatic heterocycles. The number of rotatable bonds is 6. The second-order valence-corrected chi connectivity index (χ2v) is 5.00. The van der Waals surface area contributed by atoms with Gasteiger partial charge in [0, 0.05) is 0 Å². The third kappa shape index (κ3) is 7.29. The van der Waals surface area contributed by atoms with E-state index in [0.717, 1.165) is 25.9 Å². The van der Waals surface area contributed by atoms with Gasteiger partial charge in [0.15, 0.2) is 0 Å². The largest absolute Gasteiger partial charge is 1.00 e. The number of likely N-dealkylation sites (N-methyl/N-ethyl adjacent to an activating group) is 1. The van der Waals surface area contributed by atoms with Crippen LogP contribution in [0.2, 0.25) is 0 Å². The van der Waals surface area contributed by atoms with Crippen LogP contribution in [0, 0.1) is 5.92 Å². The van der Waals surface area contributed by atoms with Gasteiger partial charge in [-0.25, -0.2) is 0 Å². The van der Waals surface area contributed by atoms with Gasteiger partial charge in [-0.2, -0.15) is 7.05 Å². The Balaban J connectivity index is 0. The summed E-state index contributed by atoms with van der Waals surface area (Å²) < 4.78 is 0. The molecule has 0 amide bonds. The Hall–Kier alpha value is 1.07.